The number of Topliss-reactive ketones (excluding diaryl/α,β-unsaturated/α-hetero) is 1. The van der Waals surface area contributed by atoms with Crippen molar-refractivity contribution in [3.63, 3.8) is 0 Å². The largest absolute Gasteiger partial charge is 0.297 e. The Balaban J connectivity index is 3.14. The number of carbonyl (C=O) groups is 1. The molecule has 1 aliphatic carbocycles. The normalized spacial score (nSPS) is 27.6. The third kappa shape index (κ3) is 1.56. The Kier molecular flexibility index (Phi) is 3.30. The molecule has 1 atom stereocenters. The first kappa shape index (κ1) is 11.2. The maximum Gasteiger partial charge on any atom is 0.157 e. The molecule has 1 saturated carbocycles. The van der Waals surface area contributed by atoms with E-state index in [2.05, 4.69) is 12.3 Å². The Hall–Kier alpha value is -0.850. The average Bonchev–Trinajstić information content (AvgIpc) is 2.17. The second-order valence-corrected chi connectivity index (χ2v) is 4.19. The molecule has 1 rings (SSSR count). The molecule has 1 fully saturated rings. The molecule has 1 unspecified atom stereocenters. The summed E-state index contributed by atoms with van der Waals surface area (Å²) in [5.74, 6) is 0.322. The summed E-state index contributed by atoms with van der Waals surface area (Å²) in [5, 5.41) is 0. The number of ketones is 1. The highest BCUT2D eigenvalue weighted by molar-refractivity contribution is 5.92. The molecule has 0 aromatic carbocycles. The molecule has 0 amide bonds. The van der Waals surface area contributed by atoms with Crippen LogP contribution in [0.2, 0.25) is 0 Å². The van der Waals surface area contributed by atoms with E-state index in [4.69, 9.17) is 0 Å². The van der Waals surface area contributed by atoms with Crippen molar-refractivity contribution in [2.24, 2.45) is 0 Å². The monoisotopic (exact) mass is 193 g/mol. The van der Waals surface area contributed by atoms with Crippen LogP contribution in [0.15, 0.2) is 17.9 Å². The lowest BCUT2D eigenvalue weighted by Gasteiger charge is -2.41. The summed E-state index contributed by atoms with van der Waals surface area (Å²) in [6.07, 6.45) is 3.74. The number of hydrogen-bond donors (Lipinski definition) is 0. The van der Waals surface area contributed by atoms with Crippen LogP contribution in [-0.2, 0) is 4.79 Å². The van der Waals surface area contributed by atoms with Crippen LogP contribution < -0.4 is 0 Å². The SMILES string of the molecule is C=C=C(C)C1(N(C)C)CCCCC1=O. The minimum Gasteiger partial charge on any atom is -0.297 e. The second-order valence-electron chi connectivity index (χ2n) is 4.19. The van der Waals surface area contributed by atoms with Gasteiger partial charge in [0.15, 0.2) is 5.78 Å². The number of likely N-dealkylation sites (N-methyl/N-ethyl adjacent to an activating group) is 1. The van der Waals surface area contributed by atoms with Crippen molar-refractivity contribution in [2.45, 2.75) is 38.1 Å². The Bertz CT molecular complexity index is 287. The van der Waals surface area contributed by atoms with Gasteiger partial charge in [-0.3, -0.25) is 9.69 Å². The fraction of sp³-hybridized carbons (Fsp3) is 0.667. The molecule has 0 N–H and O–H groups in total. The Morgan fingerprint density at radius 3 is 2.57 bits per heavy atom. The van der Waals surface area contributed by atoms with Crippen LogP contribution >= 0.6 is 0 Å². The summed E-state index contributed by atoms with van der Waals surface area (Å²) in [6, 6.07) is 0. The molecule has 2 nitrogen and oxygen atoms in total. The molecule has 0 aromatic heterocycles. The van der Waals surface area contributed by atoms with E-state index in [-0.39, 0.29) is 0 Å². The molecule has 14 heavy (non-hydrogen) atoms. The summed E-state index contributed by atoms with van der Waals surface area (Å²) >= 11 is 0. The van der Waals surface area contributed by atoms with E-state index in [0.29, 0.717) is 12.2 Å². The molecular formula is C12H19NO. The number of carbonyl (C=O) groups excluding carboxylic acids is 1. The minimum absolute atomic E-state index is 0.322. The van der Waals surface area contributed by atoms with Crippen LogP contribution in [-0.4, -0.2) is 30.3 Å². The predicted octanol–water partition coefficient (Wildman–Crippen LogP) is 2.16. The molecule has 0 heterocycles. The van der Waals surface area contributed by atoms with Gasteiger partial charge in [-0.15, -0.1) is 5.73 Å². The van der Waals surface area contributed by atoms with E-state index in [1.54, 1.807) is 0 Å². The van der Waals surface area contributed by atoms with Crippen LogP contribution in [0.25, 0.3) is 0 Å². The van der Waals surface area contributed by atoms with Crippen LogP contribution in [0.5, 0.6) is 0 Å². The maximum atomic E-state index is 12.0. The first-order valence-electron chi connectivity index (χ1n) is 5.13. The fourth-order valence-electron chi connectivity index (χ4n) is 2.36. The van der Waals surface area contributed by atoms with E-state index < -0.39 is 5.54 Å². The van der Waals surface area contributed by atoms with Gasteiger partial charge in [0.1, 0.15) is 5.54 Å². The van der Waals surface area contributed by atoms with Crippen LogP contribution in [0.4, 0.5) is 0 Å². The first-order valence-corrected chi connectivity index (χ1v) is 5.13. The van der Waals surface area contributed by atoms with Crippen LogP contribution in [0, 0.1) is 0 Å². The molecule has 0 spiro atoms. The third-order valence-corrected chi connectivity index (χ3v) is 3.30. The number of hydrogen-bond acceptors (Lipinski definition) is 2. The number of nitrogens with zero attached hydrogens (tertiary/aromatic N) is 1. The topological polar surface area (TPSA) is 20.3 Å². The highest BCUT2D eigenvalue weighted by Gasteiger charge is 2.43. The summed E-state index contributed by atoms with van der Waals surface area (Å²) < 4.78 is 0. The summed E-state index contributed by atoms with van der Waals surface area (Å²) in [7, 11) is 3.92. The van der Waals surface area contributed by atoms with Crippen molar-refractivity contribution in [3.8, 4) is 0 Å². The van der Waals surface area contributed by atoms with Gasteiger partial charge < -0.3 is 0 Å². The number of rotatable bonds is 2. The summed E-state index contributed by atoms with van der Waals surface area (Å²) in [6.45, 7) is 5.61. The lowest BCUT2D eigenvalue weighted by molar-refractivity contribution is -0.130. The Labute approximate surface area is 86.3 Å². The molecule has 0 aliphatic heterocycles. The molecule has 1 aliphatic rings. The maximum absolute atomic E-state index is 12.0. The van der Waals surface area contributed by atoms with Gasteiger partial charge in [-0.2, -0.15) is 0 Å². The zero-order valence-electron chi connectivity index (χ0n) is 9.39. The van der Waals surface area contributed by atoms with Crippen LogP contribution in [0.1, 0.15) is 32.6 Å². The zero-order valence-corrected chi connectivity index (χ0v) is 9.39. The molecule has 0 saturated heterocycles. The van der Waals surface area contributed by atoms with E-state index >= 15 is 0 Å². The van der Waals surface area contributed by atoms with E-state index in [0.717, 1.165) is 24.8 Å². The zero-order chi connectivity index (χ0) is 10.8. The third-order valence-electron chi connectivity index (χ3n) is 3.30. The highest BCUT2D eigenvalue weighted by Crippen LogP contribution is 2.34. The van der Waals surface area contributed by atoms with Gasteiger partial charge in [-0.05, 0) is 39.4 Å². The Morgan fingerprint density at radius 1 is 1.50 bits per heavy atom. The highest BCUT2D eigenvalue weighted by atomic mass is 16.1. The van der Waals surface area contributed by atoms with Crippen LogP contribution in [0.3, 0.4) is 0 Å². The first-order chi connectivity index (χ1) is 6.55. The van der Waals surface area contributed by atoms with Crippen molar-refractivity contribution in [1.29, 1.82) is 0 Å². The summed E-state index contributed by atoms with van der Waals surface area (Å²) in [5.41, 5.74) is 3.44. The van der Waals surface area contributed by atoms with E-state index in [1.165, 1.54) is 0 Å². The molecule has 78 valence electrons. The van der Waals surface area contributed by atoms with Crippen molar-refractivity contribution in [2.75, 3.05) is 14.1 Å². The average molecular weight is 193 g/mol. The minimum atomic E-state index is -0.417. The van der Waals surface area contributed by atoms with Crippen molar-refractivity contribution in [1.82, 2.24) is 4.90 Å². The van der Waals surface area contributed by atoms with Gasteiger partial charge in [0, 0.05) is 6.42 Å². The predicted molar refractivity (Wildman–Crippen MR) is 58.2 cm³/mol. The standard InChI is InChI=1S/C12H19NO/c1-5-10(2)12(13(3)4)9-7-6-8-11(12)14/h1,6-9H2,2-4H3. The molecule has 0 bridgehead atoms. The Morgan fingerprint density at radius 2 is 2.14 bits per heavy atom. The van der Waals surface area contributed by atoms with Gasteiger partial charge in [-0.1, -0.05) is 13.0 Å². The van der Waals surface area contributed by atoms with Gasteiger partial charge in [-0.25, -0.2) is 0 Å². The molecule has 0 aromatic rings. The van der Waals surface area contributed by atoms with Gasteiger partial charge >= 0.3 is 0 Å². The van der Waals surface area contributed by atoms with Crippen molar-refractivity contribution < 1.29 is 4.79 Å². The summed E-state index contributed by atoms with van der Waals surface area (Å²) in [4.78, 5) is 14.0. The van der Waals surface area contributed by atoms with Gasteiger partial charge in [0.25, 0.3) is 0 Å². The second kappa shape index (κ2) is 4.12. The van der Waals surface area contributed by atoms with Gasteiger partial charge in [0.2, 0.25) is 0 Å². The van der Waals surface area contributed by atoms with E-state index in [1.807, 2.05) is 25.9 Å². The fourth-order valence-corrected chi connectivity index (χ4v) is 2.36. The molecule has 0 radical (unpaired) electrons. The lowest BCUT2D eigenvalue weighted by Crippen LogP contribution is -2.53. The quantitative estimate of drug-likeness (QED) is 0.626. The van der Waals surface area contributed by atoms with E-state index in [9.17, 15) is 4.79 Å². The lowest BCUT2D eigenvalue weighted by atomic mass is 9.75. The molecule has 2 heteroatoms. The van der Waals surface area contributed by atoms with Crippen molar-refractivity contribution >= 4 is 5.78 Å². The smallest absolute Gasteiger partial charge is 0.157 e. The molecular weight excluding hydrogens is 174 g/mol. The van der Waals surface area contributed by atoms with Gasteiger partial charge in [0.05, 0.1) is 0 Å². The van der Waals surface area contributed by atoms with Crippen molar-refractivity contribution in [3.05, 3.63) is 17.9 Å².